The first kappa shape index (κ1) is 35.0. The molecule has 0 fully saturated rings. The number of rotatable bonds is 12. The summed E-state index contributed by atoms with van der Waals surface area (Å²) in [7, 11) is 0. The van der Waals surface area contributed by atoms with Crippen LogP contribution in [0.4, 0.5) is 0 Å². The number of ether oxygens (including phenoxy) is 2. The number of thioether (sulfide) groups is 3. The summed E-state index contributed by atoms with van der Waals surface area (Å²) in [5.41, 5.74) is 2.37. The van der Waals surface area contributed by atoms with Gasteiger partial charge in [-0.05, 0) is 71.8 Å². The molecule has 53 heavy (non-hydrogen) atoms. The Balaban J connectivity index is 1.25. The van der Waals surface area contributed by atoms with Crippen LogP contribution < -0.4 is 9.47 Å². The van der Waals surface area contributed by atoms with Gasteiger partial charge in [-0.3, -0.25) is 0 Å². The third kappa shape index (κ3) is 7.98. The monoisotopic (exact) mass is 742 g/mol. The summed E-state index contributed by atoms with van der Waals surface area (Å²) >= 11 is 5.33. The first-order valence-electron chi connectivity index (χ1n) is 17.7. The van der Waals surface area contributed by atoms with Crippen LogP contribution in [0, 0.1) is 0 Å². The summed E-state index contributed by atoms with van der Waals surface area (Å²) in [4.78, 5) is 3.08. The highest BCUT2D eigenvalue weighted by atomic mass is 32.2. The zero-order chi connectivity index (χ0) is 35.8. The Morgan fingerprint density at radius 3 is 1.06 bits per heavy atom. The molecule has 0 spiro atoms. The summed E-state index contributed by atoms with van der Waals surface area (Å²) in [6.07, 6.45) is 13.3. The van der Waals surface area contributed by atoms with E-state index in [1.165, 1.54) is 20.9 Å². The minimum absolute atomic E-state index is 0.140. The van der Waals surface area contributed by atoms with E-state index in [2.05, 4.69) is 158 Å². The summed E-state index contributed by atoms with van der Waals surface area (Å²) < 4.78 is 14.4. The molecule has 2 aliphatic rings. The average Bonchev–Trinajstić information content (AvgIpc) is 3.20. The molecule has 0 amide bonds. The Morgan fingerprint density at radius 1 is 0.377 bits per heavy atom. The van der Waals surface area contributed by atoms with E-state index in [4.69, 9.17) is 9.47 Å². The van der Waals surface area contributed by atoms with Crippen LogP contribution in [0.2, 0.25) is 0 Å². The molecule has 0 saturated carbocycles. The smallest absolute Gasteiger partial charge is 0.189 e. The molecule has 0 heterocycles. The van der Waals surface area contributed by atoms with Gasteiger partial charge in [-0.15, -0.1) is 0 Å². The first-order chi connectivity index (χ1) is 26.2. The molecular formula is C48H38O2S3. The molecule has 260 valence electrons. The highest BCUT2D eigenvalue weighted by Crippen LogP contribution is 2.59. The summed E-state index contributed by atoms with van der Waals surface area (Å²) in [6, 6.07) is 63.1. The van der Waals surface area contributed by atoms with E-state index in [-0.39, 0.29) is 11.8 Å². The minimum atomic E-state index is -0.787. The molecule has 4 atom stereocenters. The van der Waals surface area contributed by atoms with Crippen LogP contribution in [0.15, 0.2) is 238 Å². The van der Waals surface area contributed by atoms with Crippen molar-refractivity contribution in [2.75, 3.05) is 0 Å². The van der Waals surface area contributed by atoms with Crippen molar-refractivity contribution < 1.29 is 9.47 Å². The molecule has 0 N–H and O–H groups in total. The van der Waals surface area contributed by atoms with E-state index >= 15 is 0 Å². The molecule has 0 aliphatic heterocycles. The largest absolute Gasteiger partial charge is 0.471 e. The second kappa shape index (κ2) is 16.3. The quantitative estimate of drug-likeness (QED) is 0.116. The highest BCUT2D eigenvalue weighted by Gasteiger charge is 2.49. The van der Waals surface area contributed by atoms with E-state index in [0.29, 0.717) is 0 Å². The topological polar surface area (TPSA) is 18.5 Å². The van der Waals surface area contributed by atoms with Gasteiger partial charge in [0, 0.05) is 19.6 Å². The van der Waals surface area contributed by atoms with Gasteiger partial charge in [0.15, 0.2) is 9.87 Å². The van der Waals surface area contributed by atoms with Gasteiger partial charge in [-0.25, -0.2) is 0 Å². The fourth-order valence-electron chi connectivity index (χ4n) is 6.85. The zero-order valence-electron chi connectivity index (χ0n) is 29.0. The predicted molar refractivity (Wildman–Crippen MR) is 225 cm³/mol. The van der Waals surface area contributed by atoms with Gasteiger partial charge in [-0.1, -0.05) is 193 Å². The second-order valence-corrected chi connectivity index (χ2v) is 16.5. The maximum atomic E-state index is 7.20. The minimum Gasteiger partial charge on any atom is -0.471 e. The molecule has 6 aromatic rings. The summed E-state index contributed by atoms with van der Waals surface area (Å²) in [5.74, 6) is 1.37. The van der Waals surface area contributed by atoms with Crippen molar-refractivity contribution in [3.63, 3.8) is 0 Å². The zero-order valence-corrected chi connectivity index (χ0v) is 31.4. The van der Waals surface area contributed by atoms with Gasteiger partial charge in [-0.2, -0.15) is 0 Å². The first-order valence-corrected chi connectivity index (χ1v) is 20.2. The molecule has 0 radical (unpaired) electrons. The van der Waals surface area contributed by atoms with Crippen molar-refractivity contribution >= 4 is 35.3 Å². The maximum Gasteiger partial charge on any atom is 0.189 e. The molecule has 0 aromatic heterocycles. The number of hydrogen-bond acceptors (Lipinski definition) is 5. The number of allylic oxidation sites excluding steroid dienone is 4. The fourth-order valence-corrected chi connectivity index (χ4v) is 11.1. The lowest BCUT2D eigenvalue weighted by molar-refractivity contribution is 0.194. The maximum absolute atomic E-state index is 7.20. The van der Waals surface area contributed by atoms with Crippen molar-refractivity contribution in [3.05, 3.63) is 239 Å². The van der Waals surface area contributed by atoms with Crippen molar-refractivity contribution in [3.8, 4) is 11.5 Å². The standard InChI is InChI=1S/C48H38O2S3/c1-7-21-37(22-8-1)45-43(33-19-35-47(45,49-39-25-11-3-12-26-39)52-41-29-15-5-16-30-41)51-44-34-20-36-48(50-40-27-13-4-14-28-40,53-42-31-17-6-18-32-42)46(44)38-23-9-2-10-24-38/h1-36,45-46H. The Hall–Kier alpha value is -5.07. The van der Waals surface area contributed by atoms with Crippen LogP contribution >= 0.6 is 35.3 Å². The van der Waals surface area contributed by atoms with Crippen LogP contribution in [0.3, 0.4) is 0 Å². The second-order valence-electron chi connectivity index (χ2n) is 12.7. The Kier molecular flexibility index (Phi) is 10.8. The van der Waals surface area contributed by atoms with E-state index in [0.717, 1.165) is 21.3 Å². The van der Waals surface area contributed by atoms with Crippen molar-refractivity contribution in [1.29, 1.82) is 0 Å². The predicted octanol–water partition coefficient (Wildman–Crippen LogP) is 13.3. The summed E-state index contributed by atoms with van der Waals surface area (Å²) in [5, 5.41) is 0. The van der Waals surface area contributed by atoms with Gasteiger partial charge in [0.05, 0.1) is 11.8 Å². The normalized spacial score (nSPS) is 22.0. The number of hydrogen-bond donors (Lipinski definition) is 0. The molecule has 8 rings (SSSR count). The lowest BCUT2D eigenvalue weighted by atomic mass is 9.88. The number of benzene rings is 6. The van der Waals surface area contributed by atoms with E-state index in [1.807, 2.05) is 72.4 Å². The molecule has 4 unspecified atom stereocenters. The Morgan fingerprint density at radius 2 is 0.698 bits per heavy atom. The van der Waals surface area contributed by atoms with E-state index < -0.39 is 9.87 Å². The van der Waals surface area contributed by atoms with Crippen molar-refractivity contribution in [2.45, 2.75) is 31.5 Å². The van der Waals surface area contributed by atoms with Gasteiger partial charge < -0.3 is 9.47 Å². The fraction of sp³-hybridized carbons (Fsp3) is 0.0833. The molecule has 0 bridgehead atoms. The van der Waals surface area contributed by atoms with Crippen molar-refractivity contribution in [1.82, 2.24) is 0 Å². The third-order valence-electron chi connectivity index (χ3n) is 9.14. The average molecular weight is 743 g/mol. The van der Waals surface area contributed by atoms with Gasteiger partial charge in [0.25, 0.3) is 0 Å². The van der Waals surface area contributed by atoms with Crippen LogP contribution in [0.1, 0.15) is 23.0 Å². The molecule has 2 nitrogen and oxygen atoms in total. The summed E-state index contributed by atoms with van der Waals surface area (Å²) in [6.45, 7) is 0. The van der Waals surface area contributed by atoms with Crippen LogP contribution in [0.5, 0.6) is 11.5 Å². The van der Waals surface area contributed by atoms with Gasteiger partial charge in [0.2, 0.25) is 0 Å². The lowest BCUT2D eigenvalue weighted by Gasteiger charge is -2.44. The Labute approximate surface area is 325 Å². The van der Waals surface area contributed by atoms with Gasteiger partial charge >= 0.3 is 0 Å². The third-order valence-corrected chi connectivity index (χ3v) is 12.9. The van der Waals surface area contributed by atoms with Gasteiger partial charge in [0.1, 0.15) is 11.5 Å². The number of para-hydroxylation sites is 2. The molecular weight excluding hydrogens is 705 g/mol. The lowest BCUT2D eigenvalue weighted by Crippen LogP contribution is -2.40. The van der Waals surface area contributed by atoms with E-state index in [1.54, 1.807) is 23.5 Å². The molecule has 6 aromatic carbocycles. The SMILES string of the molecule is C1=CC(Oc2ccccc2)(Sc2ccccc2)C(c2ccccc2)C(SC2=CC=CC(Oc3ccccc3)(Sc3ccccc3)C2c2ccccc2)=C1. The van der Waals surface area contributed by atoms with Crippen LogP contribution in [-0.2, 0) is 0 Å². The molecule has 2 aliphatic carbocycles. The Bertz CT molecular complexity index is 1960. The van der Waals surface area contributed by atoms with Crippen LogP contribution in [-0.4, -0.2) is 9.87 Å². The van der Waals surface area contributed by atoms with Crippen molar-refractivity contribution in [2.24, 2.45) is 0 Å². The molecule has 5 heteroatoms. The van der Waals surface area contributed by atoms with Crippen LogP contribution in [0.25, 0.3) is 0 Å². The van der Waals surface area contributed by atoms with E-state index in [9.17, 15) is 0 Å². The highest BCUT2D eigenvalue weighted by molar-refractivity contribution is 8.07. The molecule has 0 saturated heterocycles.